The number of thioether (sulfide) groups is 1. The summed E-state index contributed by atoms with van der Waals surface area (Å²) in [5.74, 6) is -0.197. The van der Waals surface area contributed by atoms with Gasteiger partial charge in [0.2, 0.25) is 5.91 Å². The standard InChI is InChI=1S/C10H22N2O3S/c1-7(9(6-13)16-3)12-10(14)8(11)4-5-15-2/h7-9,13H,4-6,11H2,1-3H3,(H,12,14). The molecule has 0 aromatic rings. The van der Waals surface area contributed by atoms with Gasteiger partial charge in [-0.15, -0.1) is 0 Å². The highest BCUT2D eigenvalue weighted by molar-refractivity contribution is 7.99. The van der Waals surface area contributed by atoms with Crippen molar-refractivity contribution in [2.24, 2.45) is 5.73 Å². The summed E-state index contributed by atoms with van der Waals surface area (Å²) in [6.45, 7) is 2.36. The quantitative estimate of drug-likeness (QED) is 0.545. The van der Waals surface area contributed by atoms with Gasteiger partial charge < -0.3 is 20.9 Å². The lowest BCUT2D eigenvalue weighted by atomic mass is 10.2. The zero-order chi connectivity index (χ0) is 12.6. The van der Waals surface area contributed by atoms with E-state index in [1.807, 2.05) is 13.2 Å². The minimum atomic E-state index is -0.552. The first kappa shape index (κ1) is 15.7. The van der Waals surface area contributed by atoms with Crippen molar-refractivity contribution in [3.8, 4) is 0 Å². The highest BCUT2D eigenvalue weighted by atomic mass is 32.2. The number of hydrogen-bond donors (Lipinski definition) is 3. The molecule has 0 aromatic heterocycles. The largest absolute Gasteiger partial charge is 0.395 e. The maximum absolute atomic E-state index is 11.6. The molecule has 0 bridgehead atoms. The summed E-state index contributed by atoms with van der Waals surface area (Å²) >= 11 is 1.52. The number of ether oxygens (including phenoxy) is 1. The Morgan fingerprint density at radius 2 is 2.25 bits per heavy atom. The molecule has 4 N–H and O–H groups in total. The lowest BCUT2D eigenvalue weighted by Gasteiger charge is -2.23. The number of nitrogens with one attached hydrogen (secondary N) is 1. The zero-order valence-corrected chi connectivity index (χ0v) is 10.9. The number of carbonyl (C=O) groups excluding carboxylic acids is 1. The summed E-state index contributed by atoms with van der Waals surface area (Å²) in [5, 5.41) is 11.9. The molecule has 3 unspecified atom stereocenters. The number of methoxy groups -OCH3 is 1. The Labute approximate surface area is 101 Å². The molecule has 0 saturated heterocycles. The summed E-state index contributed by atoms with van der Waals surface area (Å²) in [5.41, 5.74) is 5.67. The lowest BCUT2D eigenvalue weighted by Crippen LogP contribution is -2.48. The third-order valence-corrected chi connectivity index (χ3v) is 3.54. The van der Waals surface area contributed by atoms with Crippen LogP contribution >= 0.6 is 11.8 Å². The molecule has 0 spiro atoms. The third-order valence-electron chi connectivity index (χ3n) is 2.38. The Morgan fingerprint density at radius 1 is 1.62 bits per heavy atom. The number of hydrogen-bond acceptors (Lipinski definition) is 5. The summed E-state index contributed by atoms with van der Waals surface area (Å²) in [4.78, 5) is 11.6. The smallest absolute Gasteiger partial charge is 0.237 e. The van der Waals surface area contributed by atoms with Gasteiger partial charge in [-0.1, -0.05) is 0 Å². The number of aliphatic hydroxyl groups is 1. The number of nitrogens with two attached hydrogens (primary N) is 1. The van der Waals surface area contributed by atoms with Crippen molar-refractivity contribution in [1.82, 2.24) is 5.32 Å². The van der Waals surface area contributed by atoms with Gasteiger partial charge in [-0.3, -0.25) is 4.79 Å². The monoisotopic (exact) mass is 250 g/mol. The zero-order valence-electron chi connectivity index (χ0n) is 10.1. The van der Waals surface area contributed by atoms with E-state index in [4.69, 9.17) is 15.6 Å². The fourth-order valence-corrected chi connectivity index (χ4v) is 1.86. The Balaban J connectivity index is 4.01. The molecule has 0 aliphatic heterocycles. The van der Waals surface area contributed by atoms with Crippen molar-refractivity contribution >= 4 is 17.7 Å². The van der Waals surface area contributed by atoms with Crippen molar-refractivity contribution in [2.75, 3.05) is 26.6 Å². The van der Waals surface area contributed by atoms with Crippen LogP contribution in [-0.4, -0.2) is 54.9 Å². The molecule has 0 aliphatic carbocycles. The second-order valence-corrected chi connectivity index (χ2v) is 4.72. The SMILES string of the molecule is COCCC(N)C(=O)NC(C)C(CO)SC. The molecule has 16 heavy (non-hydrogen) atoms. The maximum Gasteiger partial charge on any atom is 0.237 e. The van der Waals surface area contributed by atoms with Gasteiger partial charge in [0.15, 0.2) is 0 Å². The van der Waals surface area contributed by atoms with Crippen LogP contribution in [0.5, 0.6) is 0 Å². The van der Waals surface area contributed by atoms with E-state index in [9.17, 15) is 4.79 Å². The Hall–Kier alpha value is -0.300. The number of aliphatic hydroxyl groups excluding tert-OH is 1. The van der Waals surface area contributed by atoms with Crippen LogP contribution in [0.15, 0.2) is 0 Å². The van der Waals surface area contributed by atoms with Gasteiger partial charge in [0.05, 0.1) is 12.6 Å². The fraction of sp³-hybridized carbons (Fsp3) is 0.900. The van der Waals surface area contributed by atoms with Crippen LogP contribution in [0.25, 0.3) is 0 Å². The van der Waals surface area contributed by atoms with Gasteiger partial charge in [-0.25, -0.2) is 0 Å². The van der Waals surface area contributed by atoms with Crippen molar-refractivity contribution in [3.05, 3.63) is 0 Å². The molecule has 0 fully saturated rings. The summed E-state index contributed by atoms with van der Waals surface area (Å²) in [6.07, 6.45) is 2.40. The second kappa shape index (κ2) is 8.81. The third kappa shape index (κ3) is 5.69. The number of carbonyl (C=O) groups is 1. The summed E-state index contributed by atoms with van der Waals surface area (Å²) in [6, 6.07) is -0.648. The molecule has 0 saturated carbocycles. The van der Waals surface area contributed by atoms with E-state index in [1.165, 1.54) is 11.8 Å². The Bertz CT molecular complexity index is 201. The maximum atomic E-state index is 11.6. The molecule has 0 heterocycles. The minimum Gasteiger partial charge on any atom is -0.395 e. The molecular weight excluding hydrogens is 228 g/mol. The van der Waals surface area contributed by atoms with Crippen LogP contribution in [0, 0.1) is 0 Å². The highest BCUT2D eigenvalue weighted by Crippen LogP contribution is 2.10. The summed E-state index contributed by atoms with van der Waals surface area (Å²) in [7, 11) is 1.57. The van der Waals surface area contributed by atoms with Crippen LogP contribution in [0.1, 0.15) is 13.3 Å². The first-order valence-electron chi connectivity index (χ1n) is 5.25. The molecule has 6 heteroatoms. The summed E-state index contributed by atoms with van der Waals surface area (Å²) < 4.78 is 4.85. The normalized spacial score (nSPS) is 16.6. The minimum absolute atomic E-state index is 0.00132. The molecule has 0 radical (unpaired) electrons. The Kier molecular flexibility index (Phi) is 8.64. The molecule has 3 atom stereocenters. The van der Waals surface area contributed by atoms with Crippen molar-refractivity contribution in [3.63, 3.8) is 0 Å². The van der Waals surface area contributed by atoms with Crippen molar-refractivity contribution in [1.29, 1.82) is 0 Å². The lowest BCUT2D eigenvalue weighted by molar-refractivity contribution is -0.123. The molecule has 0 aliphatic rings. The number of amides is 1. The van der Waals surface area contributed by atoms with E-state index in [-0.39, 0.29) is 23.8 Å². The van der Waals surface area contributed by atoms with Gasteiger partial charge in [0.25, 0.3) is 0 Å². The molecule has 0 rings (SSSR count). The number of rotatable bonds is 8. The van der Waals surface area contributed by atoms with Crippen LogP contribution in [-0.2, 0) is 9.53 Å². The fourth-order valence-electron chi connectivity index (χ4n) is 1.24. The predicted molar refractivity (Wildman–Crippen MR) is 66.5 cm³/mol. The van der Waals surface area contributed by atoms with E-state index in [0.717, 1.165) is 0 Å². The molecule has 1 amide bonds. The van der Waals surface area contributed by atoms with Gasteiger partial charge in [-0.2, -0.15) is 11.8 Å². The van der Waals surface area contributed by atoms with E-state index >= 15 is 0 Å². The van der Waals surface area contributed by atoms with Crippen molar-refractivity contribution < 1.29 is 14.6 Å². The highest BCUT2D eigenvalue weighted by Gasteiger charge is 2.20. The van der Waals surface area contributed by atoms with E-state index < -0.39 is 6.04 Å². The van der Waals surface area contributed by atoms with Crippen LogP contribution in [0.4, 0.5) is 0 Å². The molecule has 5 nitrogen and oxygen atoms in total. The first-order chi connectivity index (χ1) is 7.56. The van der Waals surface area contributed by atoms with Gasteiger partial charge >= 0.3 is 0 Å². The van der Waals surface area contributed by atoms with Gasteiger partial charge in [-0.05, 0) is 19.6 Å². The molecular formula is C10H22N2O3S. The Morgan fingerprint density at radius 3 is 2.69 bits per heavy atom. The average molecular weight is 250 g/mol. The van der Waals surface area contributed by atoms with Crippen molar-refractivity contribution in [2.45, 2.75) is 30.7 Å². The average Bonchev–Trinajstić information content (AvgIpc) is 2.27. The predicted octanol–water partition coefficient (Wildman–Crippen LogP) is -0.421. The topological polar surface area (TPSA) is 84.6 Å². The van der Waals surface area contributed by atoms with Gasteiger partial charge in [0.1, 0.15) is 0 Å². The molecule has 0 aromatic carbocycles. The van der Waals surface area contributed by atoms with E-state index in [0.29, 0.717) is 13.0 Å². The van der Waals surface area contributed by atoms with E-state index in [1.54, 1.807) is 7.11 Å². The van der Waals surface area contributed by atoms with Crippen LogP contribution in [0.3, 0.4) is 0 Å². The van der Waals surface area contributed by atoms with Gasteiger partial charge in [0, 0.05) is 25.0 Å². The second-order valence-electron chi connectivity index (χ2n) is 3.64. The van der Waals surface area contributed by atoms with Crippen LogP contribution in [0.2, 0.25) is 0 Å². The first-order valence-corrected chi connectivity index (χ1v) is 6.54. The van der Waals surface area contributed by atoms with Crippen LogP contribution < -0.4 is 11.1 Å². The van der Waals surface area contributed by atoms with E-state index in [2.05, 4.69) is 5.32 Å². The molecule has 96 valence electrons.